The van der Waals surface area contributed by atoms with Gasteiger partial charge in [0.05, 0.1) is 5.92 Å². The number of carbonyl (C=O) groups excluding carboxylic acids is 1. The van der Waals surface area contributed by atoms with Crippen molar-refractivity contribution in [1.82, 2.24) is 10.2 Å². The Labute approximate surface area is 120 Å². The normalized spacial score (nSPS) is 18.1. The van der Waals surface area contributed by atoms with E-state index in [2.05, 4.69) is 5.32 Å². The molecule has 1 aliphatic heterocycles. The molecule has 1 fully saturated rings. The second kappa shape index (κ2) is 6.09. The number of rotatable bonds is 3. The summed E-state index contributed by atoms with van der Waals surface area (Å²) >= 11 is 5.85. The van der Waals surface area contributed by atoms with E-state index >= 15 is 0 Å². The maximum Gasteiger partial charge on any atom is 0.317 e. The van der Waals surface area contributed by atoms with E-state index in [-0.39, 0.29) is 23.7 Å². The number of aliphatic carboxylic acids is 1. The summed E-state index contributed by atoms with van der Waals surface area (Å²) in [6.45, 7) is 0.526. The average Bonchev–Trinajstić information content (AvgIpc) is 2.87. The van der Waals surface area contributed by atoms with Crippen LogP contribution in [0.4, 0.5) is 9.18 Å². The Morgan fingerprint density at radius 3 is 2.85 bits per heavy atom. The molecule has 2 amide bonds. The zero-order valence-corrected chi connectivity index (χ0v) is 11.4. The average molecular weight is 301 g/mol. The van der Waals surface area contributed by atoms with Crippen molar-refractivity contribution in [2.45, 2.75) is 13.0 Å². The lowest BCUT2D eigenvalue weighted by Gasteiger charge is -2.17. The Kier molecular flexibility index (Phi) is 4.44. The summed E-state index contributed by atoms with van der Waals surface area (Å²) in [6, 6.07) is 3.89. The highest BCUT2D eigenvalue weighted by Gasteiger charge is 2.30. The van der Waals surface area contributed by atoms with Crippen molar-refractivity contribution >= 4 is 23.6 Å². The van der Waals surface area contributed by atoms with Crippen molar-refractivity contribution in [2.75, 3.05) is 13.1 Å². The number of hydrogen-bond acceptors (Lipinski definition) is 2. The molecule has 1 unspecified atom stereocenters. The number of nitrogens with zero attached hydrogens (tertiary/aromatic N) is 1. The van der Waals surface area contributed by atoms with Gasteiger partial charge in [-0.05, 0) is 18.6 Å². The van der Waals surface area contributed by atoms with Crippen molar-refractivity contribution in [1.29, 1.82) is 0 Å². The van der Waals surface area contributed by atoms with Gasteiger partial charge < -0.3 is 15.3 Å². The Morgan fingerprint density at radius 2 is 2.25 bits per heavy atom. The summed E-state index contributed by atoms with van der Waals surface area (Å²) in [6.07, 6.45) is 0.434. The van der Waals surface area contributed by atoms with Crippen LogP contribution in [0.3, 0.4) is 0 Å². The highest BCUT2D eigenvalue weighted by molar-refractivity contribution is 6.31. The van der Waals surface area contributed by atoms with E-state index in [4.69, 9.17) is 16.7 Å². The number of nitrogens with one attached hydrogen (secondary N) is 1. The molecule has 108 valence electrons. The molecular weight excluding hydrogens is 287 g/mol. The zero-order valence-electron chi connectivity index (χ0n) is 10.6. The van der Waals surface area contributed by atoms with Gasteiger partial charge in [0.25, 0.3) is 0 Å². The van der Waals surface area contributed by atoms with Gasteiger partial charge in [0.2, 0.25) is 0 Å². The number of urea groups is 1. The quantitative estimate of drug-likeness (QED) is 0.898. The number of carboxylic acid groups (broad SMARTS) is 1. The fourth-order valence-corrected chi connectivity index (χ4v) is 2.35. The van der Waals surface area contributed by atoms with Crippen LogP contribution in [0.25, 0.3) is 0 Å². The Hall–Kier alpha value is -1.82. The van der Waals surface area contributed by atoms with Crippen LogP contribution < -0.4 is 5.32 Å². The van der Waals surface area contributed by atoms with Crippen molar-refractivity contribution in [2.24, 2.45) is 5.92 Å². The van der Waals surface area contributed by atoms with Crippen LogP contribution in [0.1, 0.15) is 12.0 Å². The molecular formula is C13H14ClFN2O3. The first kappa shape index (κ1) is 14.6. The van der Waals surface area contributed by atoms with Crippen molar-refractivity contribution in [3.63, 3.8) is 0 Å². The van der Waals surface area contributed by atoms with Gasteiger partial charge in [-0.3, -0.25) is 4.79 Å². The second-order valence-corrected chi connectivity index (χ2v) is 5.04. The highest BCUT2D eigenvalue weighted by atomic mass is 35.5. The van der Waals surface area contributed by atoms with E-state index in [0.29, 0.717) is 13.0 Å². The molecule has 1 aromatic carbocycles. The largest absolute Gasteiger partial charge is 0.481 e. The lowest BCUT2D eigenvalue weighted by molar-refractivity contribution is -0.141. The number of hydrogen-bond donors (Lipinski definition) is 2. The van der Waals surface area contributed by atoms with Gasteiger partial charge in [-0.1, -0.05) is 17.7 Å². The minimum absolute atomic E-state index is 0.0292. The van der Waals surface area contributed by atoms with Crippen molar-refractivity contribution < 1.29 is 19.1 Å². The predicted octanol–water partition coefficient (Wildman–Crippen LogP) is 2.10. The first-order chi connectivity index (χ1) is 9.49. The third-order valence-corrected chi connectivity index (χ3v) is 3.66. The number of carboxylic acids is 1. The van der Waals surface area contributed by atoms with Crippen molar-refractivity contribution in [3.8, 4) is 0 Å². The van der Waals surface area contributed by atoms with Gasteiger partial charge in [-0.15, -0.1) is 0 Å². The lowest BCUT2D eigenvalue weighted by atomic mass is 10.1. The number of carbonyl (C=O) groups is 2. The lowest BCUT2D eigenvalue weighted by Crippen LogP contribution is -2.38. The van der Waals surface area contributed by atoms with Crippen LogP contribution in [-0.2, 0) is 11.3 Å². The van der Waals surface area contributed by atoms with Crippen LogP contribution in [0.2, 0.25) is 5.02 Å². The standard InChI is InChI=1S/C13H14ClFN2O3/c14-10-2-1-3-11(15)9(10)6-16-13(20)17-5-4-8(7-17)12(18)19/h1-3,8H,4-7H2,(H,16,20)(H,18,19). The van der Waals surface area contributed by atoms with Gasteiger partial charge in [0.15, 0.2) is 0 Å². The molecule has 1 aliphatic rings. The van der Waals surface area contributed by atoms with E-state index in [1.54, 1.807) is 6.07 Å². The molecule has 1 atom stereocenters. The molecule has 0 spiro atoms. The monoisotopic (exact) mass is 300 g/mol. The van der Waals surface area contributed by atoms with Crippen LogP contribution in [0, 0.1) is 11.7 Å². The molecule has 0 aliphatic carbocycles. The Balaban J connectivity index is 1.92. The fraction of sp³-hybridized carbons (Fsp3) is 0.385. The molecule has 20 heavy (non-hydrogen) atoms. The summed E-state index contributed by atoms with van der Waals surface area (Å²) in [5.74, 6) is -1.92. The van der Waals surface area contributed by atoms with Gasteiger partial charge in [0, 0.05) is 30.2 Å². The third-order valence-electron chi connectivity index (χ3n) is 3.30. The minimum atomic E-state index is -0.905. The first-order valence-corrected chi connectivity index (χ1v) is 6.55. The molecule has 2 N–H and O–H groups in total. The summed E-state index contributed by atoms with van der Waals surface area (Å²) in [7, 11) is 0. The minimum Gasteiger partial charge on any atom is -0.481 e. The smallest absolute Gasteiger partial charge is 0.317 e. The van der Waals surface area contributed by atoms with E-state index < -0.39 is 23.7 Å². The number of benzene rings is 1. The van der Waals surface area contributed by atoms with E-state index in [0.717, 1.165) is 0 Å². The van der Waals surface area contributed by atoms with E-state index in [1.165, 1.54) is 17.0 Å². The summed E-state index contributed by atoms with van der Waals surface area (Å²) in [5.41, 5.74) is 0.219. The maximum atomic E-state index is 13.5. The first-order valence-electron chi connectivity index (χ1n) is 6.17. The van der Waals surface area contributed by atoms with Gasteiger partial charge in [-0.2, -0.15) is 0 Å². The molecule has 5 nitrogen and oxygen atoms in total. The maximum absolute atomic E-state index is 13.5. The molecule has 1 aromatic rings. The Bertz CT molecular complexity index is 518. The highest BCUT2D eigenvalue weighted by Crippen LogP contribution is 2.19. The van der Waals surface area contributed by atoms with Crippen LogP contribution >= 0.6 is 11.6 Å². The third kappa shape index (κ3) is 3.19. The second-order valence-electron chi connectivity index (χ2n) is 4.63. The summed E-state index contributed by atoms with van der Waals surface area (Å²) in [5, 5.41) is 11.7. The van der Waals surface area contributed by atoms with Crippen LogP contribution in [0.15, 0.2) is 18.2 Å². The van der Waals surface area contributed by atoms with Crippen molar-refractivity contribution in [3.05, 3.63) is 34.6 Å². The summed E-state index contributed by atoms with van der Waals surface area (Å²) in [4.78, 5) is 24.1. The molecule has 0 aromatic heterocycles. The molecule has 0 radical (unpaired) electrons. The van der Waals surface area contributed by atoms with Gasteiger partial charge in [0.1, 0.15) is 5.82 Å². The molecule has 0 bridgehead atoms. The molecule has 0 saturated carbocycles. The van der Waals surface area contributed by atoms with Gasteiger partial charge in [-0.25, -0.2) is 9.18 Å². The number of likely N-dealkylation sites (tertiary alicyclic amines) is 1. The molecule has 1 saturated heterocycles. The molecule has 2 rings (SSSR count). The van der Waals surface area contributed by atoms with Crippen LogP contribution in [0.5, 0.6) is 0 Å². The topological polar surface area (TPSA) is 69.6 Å². The summed E-state index contributed by atoms with van der Waals surface area (Å²) < 4.78 is 13.5. The van der Waals surface area contributed by atoms with Crippen LogP contribution in [-0.4, -0.2) is 35.1 Å². The molecule has 1 heterocycles. The number of halogens is 2. The predicted molar refractivity (Wildman–Crippen MR) is 71.0 cm³/mol. The van der Waals surface area contributed by atoms with E-state index in [9.17, 15) is 14.0 Å². The fourth-order valence-electron chi connectivity index (χ4n) is 2.12. The zero-order chi connectivity index (χ0) is 14.7. The Morgan fingerprint density at radius 1 is 1.50 bits per heavy atom. The van der Waals surface area contributed by atoms with E-state index in [1.807, 2.05) is 0 Å². The number of amides is 2. The molecule has 7 heteroatoms. The SMILES string of the molecule is O=C(O)C1CCN(C(=O)NCc2c(F)cccc2Cl)C1. The van der Waals surface area contributed by atoms with Gasteiger partial charge >= 0.3 is 12.0 Å².